The normalized spacial score (nSPS) is 13.0. The lowest BCUT2D eigenvalue weighted by molar-refractivity contribution is 0.0906. The van der Waals surface area contributed by atoms with Crippen LogP contribution < -0.4 is 0 Å². The van der Waals surface area contributed by atoms with E-state index in [0.717, 1.165) is 48.5 Å². The molecule has 0 aliphatic rings. The minimum absolute atomic E-state index is 0.552. The summed E-state index contributed by atoms with van der Waals surface area (Å²) in [6, 6.07) is 6.43. The third-order valence-electron chi connectivity index (χ3n) is 3.08. The third kappa shape index (κ3) is 7.81. The molecule has 0 atom stereocenters. The van der Waals surface area contributed by atoms with E-state index < -0.39 is 43.8 Å². The maximum Gasteiger partial charge on any atom is 0.348 e. The van der Waals surface area contributed by atoms with E-state index >= 15 is 0 Å². The van der Waals surface area contributed by atoms with E-state index in [2.05, 4.69) is 46.4 Å². The van der Waals surface area contributed by atoms with Crippen LogP contribution in [0.2, 0.25) is 0 Å². The van der Waals surface area contributed by atoms with Crippen molar-refractivity contribution in [3.8, 4) is 0 Å². The fourth-order valence-electron chi connectivity index (χ4n) is 1.70. The molecule has 2 rings (SSSR count). The number of rotatable bonds is 4. The standard InChI is InChI=1S/2C8H4Cl2F4/c2*9-7(11,12)5-1-2-6(4-3-5)8(10,13)14/h2*1-4H. The zero-order valence-corrected chi connectivity index (χ0v) is 16.2. The third-order valence-corrected chi connectivity index (χ3v) is 3.95. The van der Waals surface area contributed by atoms with Crippen LogP contribution in [0.4, 0.5) is 35.1 Å². The Morgan fingerprint density at radius 2 is 0.464 bits per heavy atom. The van der Waals surface area contributed by atoms with Crippen LogP contribution in [0.15, 0.2) is 48.5 Å². The van der Waals surface area contributed by atoms with Crippen molar-refractivity contribution in [3.63, 3.8) is 0 Å². The fraction of sp³-hybridized carbons (Fsp3) is 0.250. The molecule has 0 heterocycles. The Morgan fingerprint density at radius 3 is 0.536 bits per heavy atom. The van der Waals surface area contributed by atoms with Gasteiger partial charge in [-0.1, -0.05) is 48.5 Å². The lowest BCUT2D eigenvalue weighted by Crippen LogP contribution is -2.06. The van der Waals surface area contributed by atoms with Gasteiger partial charge in [-0.05, 0) is 46.4 Å². The molecule has 0 fully saturated rings. The molecule has 0 unspecified atom stereocenters. The summed E-state index contributed by atoms with van der Waals surface area (Å²) in [6.45, 7) is 0. The predicted molar refractivity (Wildman–Crippen MR) is 91.9 cm³/mol. The Labute approximate surface area is 173 Å². The van der Waals surface area contributed by atoms with Gasteiger partial charge in [-0.3, -0.25) is 0 Å². The lowest BCUT2D eigenvalue weighted by Gasteiger charge is -2.11. The Bertz CT molecular complexity index is 621. The molecule has 0 aliphatic carbocycles. The molecule has 0 saturated carbocycles. The van der Waals surface area contributed by atoms with Crippen molar-refractivity contribution in [1.82, 2.24) is 0 Å². The summed E-state index contributed by atoms with van der Waals surface area (Å²) >= 11 is 18.7. The predicted octanol–water partition coefficient (Wildman–Crippen LogP) is 8.53. The van der Waals surface area contributed by atoms with Crippen molar-refractivity contribution >= 4 is 46.4 Å². The molecule has 0 saturated heterocycles. The van der Waals surface area contributed by atoms with Gasteiger partial charge in [0, 0.05) is 22.3 Å². The highest BCUT2D eigenvalue weighted by molar-refractivity contribution is 6.22. The summed E-state index contributed by atoms with van der Waals surface area (Å²) in [6.07, 6.45) is 0. The Morgan fingerprint density at radius 1 is 0.357 bits per heavy atom. The van der Waals surface area contributed by atoms with Crippen LogP contribution in [0.5, 0.6) is 0 Å². The second-order valence-electron chi connectivity index (χ2n) is 5.15. The molecular formula is C16H8Cl4F8. The highest BCUT2D eigenvalue weighted by Gasteiger charge is 2.32. The molecule has 0 spiro atoms. The second-order valence-corrected chi connectivity index (χ2v) is 7.04. The quantitative estimate of drug-likeness (QED) is 0.295. The van der Waals surface area contributed by atoms with E-state index in [9.17, 15) is 35.1 Å². The molecule has 28 heavy (non-hydrogen) atoms. The maximum absolute atomic E-state index is 12.4. The molecule has 2 aromatic carbocycles. The molecule has 12 heteroatoms. The molecular weight excluding hydrogens is 486 g/mol. The first kappa shape index (κ1) is 25.1. The van der Waals surface area contributed by atoms with Gasteiger partial charge in [0.1, 0.15) is 0 Å². The highest BCUT2D eigenvalue weighted by Crippen LogP contribution is 2.37. The molecule has 0 bridgehead atoms. The van der Waals surface area contributed by atoms with Crippen LogP contribution in [0.25, 0.3) is 0 Å². The molecule has 2 aromatic rings. The van der Waals surface area contributed by atoms with E-state index in [1.54, 1.807) is 0 Å². The van der Waals surface area contributed by atoms with Crippen LogP contribution in [0.1, 0.15) is 22.3 Å². The van der Waals surface area contributed by atoms with Gasteiger partial charge in [-0.15, -0.1) is 0 Å². The first-order valence-corrected chi connectivity index (χ1v) is 8.42. The van der Waals surface area contributed by atoms with Crippen molar-refractivity contribution in [1.29, 1.82) is 0 Å². The first-order chi connectivity index (χ1) is 12.4. The van der Waals surface area contributed by atoms with Crippen molar-refractivity contribution < 1.29 is 35.1 Å². The second kappa shape index (κ2) is 8.81. The minimum atomic E-state index is -3.56. The number of hydrogen-bond acceptors (Lipinski definition) is 0. The summed E-state index contributed by atoms with van der Waals surface area (Å²) in [5.74, 6) is 0. The Kier molecular flexibility index (Phi) is 7.89. The lowest BCUT2D eigenvalue weighted by atomic mass is 10.1. The average molecular weight is 494 g/mol. The van der Waals surface area contributed by atoms with Crippen LogP contribution in [0.3, 0.4) is 0 Å². The molecule has 0 aromatic heterocycles. The SMILES string of the molecule is FC(F)(Cl)c1ccc(C(F)(F)Cl)cc1.FC(F)(Cl)c1ccc(C(F)(F)Cl)cc1. The molecule has 0 amide bonds. The van der Waals surface area contributed by atoms with Gasteiger partial charge in [0.25, 0.3) is 0 Å². The largest absolute Gasteiger partial charge is 0.348 e. The van der Waals surface area contributed by atoms with Gasteiger partial charge in [-0.2, -0.15) is 35.1 Å². The van der Waals surface area contributed by atoms with Gasteiger partial charge in [0.05, 0.1) is 0 Å². The fourth-order valence-corrected chi connectivity index (χ4v) is 2.20. The zero-order valence-electron chi connectivity index (χ0n) is 13.2. The zero-order chi connectivity index (χ0) is 22.0. The Hall–Kier alpha value is -0.960. The molecule has 0 aliphatic heterocycles. The number of benzene rings is 2. The van der Waals surface area contributed by atoms with E-state index in [4.69, 9.17) is 0 Å². The summed E-state index contributed by atoms with van der Waals surface area (Å²) in [5.41, 5.74) is -2.21. The van der Waals surface area contributed by atoms with Crippen molar-refractivity contribution in [2.24, 2.45) is 0 Å². The smallest absolute Gasteiger partial charge is 0.183 e. The summed E-state index contributed by atoms with van der Waals surface area (Å²) in [7, 11) is 0. The minimum Gasteiger partial charge on any atom is -0.183 e. The van der Waals surface area contributed by atoms with E-state index in [1.165, 1.54) is 0 Å². The van der Waals surface area contributed by atoms with Crippen molar-refractivity contribution in [2.75, 3.05) is 0 Å². The van der Waals surface area contributed by atoms with Crippen LogP contribution in [0, 0.1) is 0 Å². The number of alkyl halides is 12. The van der Waals surface area contributed by atoms with E-state index in [-0.39, 0.29) is 0 Å². The summed E-state index contributed by atoms with van der Waals surface area (Å²) < 4.78 is 99.4. The van der Waals surface area contributed by atoms with Gasteiger partial charge in [0.2, 0.25) is 0 Å². The van der Waals surface area contributed by atoms with Crippen molar-refractivity contribution in [2.45, 2.75) is 21.5 Å². The number of halogens is 12. The van der Waals surface area contributed by atoms with Crippen molar-refractivity contribution in [3.05, 3.63) is 70.8 Å². The highest BCUT2D eigenvalue weighted by atomic mass is 35.5. The van der Waals surface area contributed by atoms with Gasteiger partial charge in [0.15, 0.2) is 0 Å². The molecule has 0 nitrogen and oxygen atoms in total. The van der Waals surface area contributed by atoms with Crippen LogP contribution >= 0.6 is 46.4 Å². The Balaban J connectivity index is 0.000000280. The van der Waals surface area contributed by atoms with Gasteiger partial charge in [-0.25, -0.2) is 0 Å². The number of hydrogen-bond donors (Lipinski definition) is 0. The molecule has 156 valence electrons. The topological polar surface area (TPSA) is 0 Å². The van der Waals surface area contributed by atoms with Crippen LogP contribution in [-0.2, 0) is 21.5 Å². The van der Waals surface area contributed by atoms with Gasteiger partial charge < -0.3 is 0 Å². The molecule has 0 N–H and O–H groups in total. The summed E-state index contributed by atoms with van der Waals surface area (Å²) in [5, 5.41) is -14.2. The maximum atomic E-state index is 12.4. The van der Waals surface area contributed by atoms with Gasteiger partial charge >= 0.3 is 21.5 Å². The molecule has 0 radical (unpaired) electrons. The summed E-state index contributed by atoms with van der Waals surface area (Å²) in [4.78, 5) is 0. The monoisotopic (exact) mass is 492 g/mol. The van der Waals surface area contributed by atoms with E-state index in [0.29, 0.717) is 0 Å². The van der Waals surface area contributed by atoms with Crippen LogP contribution in [-0.4, -0.2) is 0 Å². The van der Waals surface area contributed by atoms with E-state index in [1.807, 2.05) is 0 Å². The average Bonchev–Trinajstić information content (AvgIpc) is 2.52. The first-order valence-electron chi connectivity index (χ1n) is 6.91.